The van der Waals surface area contributed by atoms with Crippen LogP contribution in [0.1, 0.15) is 53.1 Å². The summed E-state index contributed by atoms with van der Waals surface area (Å²) in [4.78, 5) is 46.1. The number of rotatable bonds is 4. The lowest BCUT2D eigenvalue weighted by molar-refractivity contribution is -0.127. The van der Waals surface area contributed by atoms with Crippen molar-refractivity contribution in [3.05, 3.63) is 47.0 Å². The molecule has 1 aliphatic heterocycles. The first-order valence-corrected chi connectivity index (χ1v) is 10.5. The lowest BCUT2D eigenvalue weighted by atomic mass is 9.71. The smallest absolute Gasteiger partial charge is 0.272 e. The Balaban J connectivity index is 1.39. The maximum Gasteiger partial charge on any atom is 0.272 e. The van der Waals surface area contributed by atoms with Gasteiger partial charge in [-0.3, -0.25) is 14.4 Å². The van der Waals surface area contributed by atoms with Gasteiger partial charge in [0.25, 0.3) is 11.8 Å². The lowest BCUT2D eigenvalue weighted by Crippen LogP contribution is -2.44. The number of halogens is 1. The molecule has 1 aromatic carbocycles. The van der Waals surface area contributed by atoms with Crippen molar-refractivity contribution in [1.82, 2.24) is 20.6 Å². The first-order valence-electron chi connectivity index (χ1n) is 10.1. The normalized spacial score (nSPS) is 23.6. The molecule has 30 heavy (non-hydrogen) atoms. The molecule has 1 spiro atoms. The second kappa shape index (κ2) is 8.10. The number of nitrogens with one attached hydrogen (secondary N) is 3. The summed E-state index contributed by atoms with van der Waals surface area (Å²) in [7, 11) is 1.49. The second-order valence-corrected chi connectivity index (χ2v) is 8.30. The molecule has 1 saturated carbocycles. The molecular formula is C21H24ClN5O3. The van der Waals surface area contributed by atoms with Gasteiger partial charge in [-0.05, 0) is 44.2 Å². The lowest BCUT2D eigenvalue weighted by Gasteiger charge is -2.36. The van der Waals surface area contributed by atoms with Gasteiger partial charge in [0.2, 0.25) is 5.91 Å². The minimum absolute atomic E-state index is 0.0499. The number of carbonyl (C=O) groups is 3. The predicted molar refractivity (Wildman–Crippen MR) is 113 cm³/mol. The highest BCUT2D eigenvalue weighted by molar-refractivity contribution is 6.34. The van der Waals surface area contributed by atoms with Crippen LogP contribution in [0.2, 0.25) is 5.02 Å². The van der Waals surface area contributed by atoms with E-state index in [0.717, 1.165) is 12.1 Å². The Bertz CT molecular complexity index is 981. The summed E-state index contributed by atoms with van der Waals surface area (Å²) >= 11 is 6.29. The van der Waals surface area contributed by atoms with E-state index in [-0.39, 0.29) is 34.7 Å². The Morgan fingerprint density at radius 3 is 2.63 bits per heavy atom. The van der Waals surface area contributed by atoms with Crippen LogP contribution in [0.25, 0.3) is 0 Å². The molecule has 0 atom stereocenters. The van der Waals surface area contributed by atoms with Crippen LogP contribution >= 0.6 is 11.6 Å². The zero-order chi connectivity index (χ0) is 21.3. The maximum atomic E-state index is 13.2. The number of H-pyrrole nitrogens is 1. The highest BCUT2D eigenvalue weighted by Crippen LogP contribution is 2.46. The van der Waals surface area contributed by atoms with Crippen LogP contribution in [-0.2, 0) is 4.79 Å². The van der Waals surface area contributed by atoms with E-state index in [1.165, 1.54) is 13.4 Å². The minimum atomic E-state index is -0.416. The van der Waals surface area contributed by atoms with Crippen LogP contribution in [0.4, 0.5) is 5.69 Å². The fraction of sp³-hybridized carbons (Fsp3) is 0.429. The van der Waals surface area contributed by atoms with Gasteiger partial charge in [0.05, 0.1) is 22.5 Å². The molecule has 4 rings (SSSR count). The van der Waals surface area contributed by atoms with E-state index in [9.17, 15) is 14.4 Å². The van der Waals surface area contributed by atoms with Crippen LogP contribution in [0.5, 0.6) is 0 Å². The van der Waals surface area contributed by atoms with Crippen LogP contribution < -0.4 is 15.5 Å². The summed E-state index contributed by atoms with van der Waals surface area (Å²) in [6, 6.07) is 7.36. The number of hydrogen-bond acceptors (Lipinski definition) is 4. The van der Waals surface area contributed by atoms with Crippen molar-refractivity contribution < 1.29 is 14.4 Å². The fourth-order valence-electron chi connectivity index (χ4n) is 4.52. The van der Waals surface area contributed by atoms with Crippen LogP contribution in [-0.4, -0.2) is 47.3 Å². The maximum absolute atomic E-state index is 13.2. The molecule has 1 aromatic heterocycles. The van der Waals surface area contributed by atoms with Crippen LogP contribution in [0.3, 0.4) is 0 Å². The molecule has 0 radical (unpaired) electrons. The predicted octanol–water partition coefficient (Wildman–Crippen LogP) is 2.52. The number of aromatic nitrogens is 2. The standard InChI is InChI=1S/C21H24ClN5O3/c1-23-18(28)16-17(25-12-24-16)19(29)26-13-6-8-21(9-7-13)10-11-27(20(21)30)15-5-3-2-4-14(15)22/h2-5,12-13H,6-11H2,1H3,(H,23,28)(H,24,25)(H,26,29)/t13-,21-. The van der Waals surface area contributed by atoms with E-state index in [4.69, 9.17) is 11.6 Å². The fourth-order valence-corrected chi connectivity index (χ4v) is 4.75. The largest absolute Gasteiger partial charge is 0.354 e. The number of hydrogen-bond donors (Lipinski definition) is 3. The first kappa shape index (κ1) is 20.4. The summed E-state index contributed by atoms with van der Waals surface area (Å²) in [6.45, 7) is 0.656. The number of nitrogens with zero attached hydrogens (tertiary/aromatic N) is 2. The Labute approximate surface area is 179 Å². The van der Waals surface area contributed by atoms with Crippen molar-refractivity contribution in [2.45, 2.75) is 38.1 Å². The minimum Gasteiger partial charge on any atom is -0.354 e. The molecule has 9 heteroatoms. The second-order valence-electron chi connectivity index (χ2n) is 7.89. The van der Waals surface area contributed by atoms with Crippen molar-refractivity contribution in [1.29, 1.82) is 0 Å². The summed E-state index contributed by atoms with van der Waals surface area (Å²) < 4.78 is 0. The van der Waals surface area contributed by atoms with Gasteiger partial charge in [-0.25, -0.2) is 4.98 Å². The van der Waals surface area contributed by atoms with E-state index in [0.29, 0.717) is 37.3 Å². The Hall–Kier alpha value is -2.87. The van der Waals surface area contributed by atoms with Gasteiger partial charge in [0, 0.05) is 19.6 Å². The Morgan fingerprint density at radius 1 is 1.20 bits per heavy atom. The van der Waals surface area contributed by atoms with Gasteiger partial charge in [-0.1, -0.05) is 23.7 Å². The van der Waals surface area contributed by atoms with Crippen molar-refractivity contribution in [2.75, 3.05) is 18.5 Å². The van der Waals surface area contributed by atoms with E-state index >= 15 is 0 Å². The van der Waals surface area contributed by atoms with Gasteiger partial charge < -0.3 is 20.5 Å². The molecule has 1 saturated heterocycles. The monoisotopic (exact) mass is 429 g/mol. The van der Waals surface area contributed by atoms with Gasteiger partial charge >= 0.3 is 0 Å². The molecule has 2 aliphatic rings. The van der Waals surface area contributed by atoms with Gasteiger partial charge in [0.1, 0.15) is 5.69 Å². The number of anilines is 1. The quantitative estimate of drug-likeness (QED) is 0.694. The van der Waals surface area contributed by atoms with Crippen LogP contribution in [0.15, 0.2) is 30.6 Å². The van der Waals surface area contributed by atoms with E-state index in [2.05, 4.69) is 20.6 Å². The van der Waals surface area contributed by atoms with Gasteiger partial charge in [-0.2, -0.15) is 0 Å². The molecule has 2 heterocycles. The molecule has 3 amide bonds. The topological polar surface area (TPSA) is 107 Å². The third kappa shape index (κ3) is 3.56. The Morgan fingerprint density at radius 2 is 1.93 bits per heavy atom. The van der Waals surface area contributed by atoms with Crippen molar-refractivity contribution in [3.8, 4) is 0 Å². The molecule has 158 valence electrons. The average Bonchev–Trinajstić information content (AvgIpc) is 3.36. The number of imidazole rings is 1. The third-order valence-corrected chi connectivity index (χ3v) is 6.56. The first-order chi connectivity index (χ1) is 14.4. The number of aromatic amines is 1. The van der Waals surface area contributed by atoms with E-state index < -0.39 is 5.91 Å². The number of carbonyl (C=O) groups excluding carboxylic acids is 3. The van der Waals surface area contributed by atoms with Crippen molar-refractivity contribution in [3.63, 3.8) is 0 Å². The molecule has 1 aliphatic carbocycles. The summed E-state index contributed by atoms with van der Waals surface area (Å²) in [5, 5.41) is 6.03. The van der Waals surface area contributed by atoms with Gasteiger partial charge in [-0.15, -0.1) is 0 Å². The third-order valence-electron chi connectivity index (χ3n) is 6.24. The SMILES string of the molecule is CNC(=O)c1nc[nH]c1C(=O)N[C@H]1CC[C@@]2(CCN(c3ccccc3Cl)C2=O)CC1. The molecule has 2 aromatic rings. The molecule has 3 N–H and O–H groups in total. The Kier molecular flexibility index (Phi) is 5.51. The summed E-state index contributed by atoms with van der Waals surface area (Å²) in [6.07, 6.45) is 4.95. The van der Waals surface area contributed by atoms with Crippen molar-refractivity contribution >= 4 is 35.0 Å². The molecule has 0 bridgehead atoms. The highest BCUT2D eigenvalue weighted by Gasteiger charge is 2.49. The van der Waals surface area contributed by atoms with Crippen LogP contribution in [0, 0.1) is 5.41 Å². The zero-order valence-corrected chi connectivity index (χ0v) is 17.5. The number of amides is 3. The molecular weight excluding hydrogens is 406 g/mol. The zero-order valence-electron chi connectivity index (χ0n) is 16.7. The molecule has 0 unspecified atom stereocenters. The molecule has 8 nitrogen and oxygen atoms in total. The number of benzene rings is 1. The summed E-state index contributed by atoms with van der Waals surface area (Å²) in [5.41, 5.74) is 0.597. The summed E-state index contributed by atoms with van der Waals surface area (Å²) in [5.74, 6) is -0.654. The highest BCUT2D eigenvalue weighted by atomic mass is 35.5. The van der Waals surface area contributed by atoms with E-state index in [1.807, 2.05) is 18.2 Å². The van der Waals surface area contributed by atoms with Crippen molar-refractivity contribution in [2.24, 2.45) is 5.41 Å². The average molecular weight is 430 g/mol. The molecule has 2 fully saturated rings. The number of para-hydroxylation sites is 1. The van der Waals surface area contributed by atoms with Gasteiger partial charge in [0.15, 0.2) is 5.69 Å². The van der Waals surface area contributed by atoms with E-state index in [1.54, 1.807) is 11.0 Å².